The third kappa shape index (κ3) is 3.06. The Kier molecular flexibility index (Phi) is 4.40. The average molecular weight is 279 g/mol. The fourth-order valence-electron chi connectivity index (χ4n) is 2.50. The van der Waals surface area contributed by atoms with Gasteiger partial charge in [-0.2, -0.15) is 0 Å². The number of nitrogens with zero attached hydrogens (tertiary/aromatic N) is 1. The van der Waals surface area contributed by atoms with E-state index in [1.807, 2.05) is 11.8 Å². The van der Waals surface area contributed by atoms with Crippen molar-refractivity contribution in [3.05, 3.63) is 23.8 Å². The van der Waals surface area contributed by atoms with Crippen molar-refractivity contribution in [3.63, 3.8) is 0 Å². The van der Waals surface area contributed by atoms with E-state index in [4.69, 9.17) is 5.11 Å². The van der Waals surface area contributed by atoms with E-state index in [9.17, 15) is 4.79 Å². The average Bonchev–Trinajstić information content (AvgIpc) is 2.36. The van der Waals surface area contributed by atoms with E-state index in [0.29, 0.717) is 18.5 Å². The highest BCUT2D eigenvalue weighted by Gasteiger charge is 2.26. The second kappa shape index (κ2) is 5.87. The maximum absolute atomic E-state index is 10.8. The zero-order valence-electron chi connectivity index (χ0n) is 11.7. The summed E-state index contributed by atoms with van der Waals surface area (Å²) in [5.41, 5.74) is 2.57. The molecule has 1 aliphatic rings. The molecule has 0 bridgehead atoms. The summed E-state index contributed by atoms with van der Waals surface area (Å²) in [5.74, 6) is 0.746. The molecule has 0 aromatic heterocycles. The van der Waals surface area contributed by atoms with Crippen molar-refractivity contribution in [2.45, 2.75) is 44.0 Å². The third-order valence-electron chi connectivity index (χ3n) is 3.52. The first kappa shape index (κ1) is 14.3. The van der Waals surface area contributed by atoms with Crippen LogP contribution in [0.15, 0.2) is 23.1 Å². The highest BCUT2D eigenvalue weighted by atomic mass is 32.2. The molecule has 0 saturated carbocycles. The summed E-state index contributed by atoms with van der Waals surface area (Å²) in [7, 11) is 0. The Hall–Kier alpha value is -1.16. The van der Waals surface area contributed by atoms with Crippen LogP contribution >= 0.6 is 11.8 Å². The number of hydrogen-bond donors (Lipinski definition) is 1. The second-order valence-electron chi connectivity index (χ2n) is 5.35. The van der Waals surface area contributed by atoms with Gasteiger partial charge >= 0.3 is 5.97 Å². The first-order valence-electron chi connectivity index (χ1n) is 6.75. The summed E-state index contributed by atoms with van der Waals surface area (Å²) >= 11 is 1.88. The Morgan fingerprint density at radius 3 is 2.89 bits per heavy atom. The van der Waals surface area contributed by atoms with Gasteiger partial charge in [-0.1, -0.05) is 26.0 Å². The molecule has 0 radical (unpaired) electrons. The highest BCUT2D eigenvalue weighted by Crippen LogP contribution is 2.42. The maximum atomic E-state index is 10.8. The summed E-state index contributed by atoms with van der Waals surface area (Å²) in [6.45, 7) is 7.15. The smallest absolute Gasteiger partial charge is 0.305 e. The largest absolute Gasteiger partial charge is 0.481 e. The van der Waals surface area contributed by atoms with Crippen LogP contribution < -0.4 is 4.90 Å². The molecule has 4 heteroatoms. The normalized spacial score (nSPS) is 18.5. The fourth-order valence-corrected chi connectivity index (χ4v) is 3.65. The number of carbonyl (C=O) groups is 1. The first-order valence-corrected chi connectivity index (χ1v) is 7.73. The van der Waals surface area contributed by atoms with Crippen molar-refractivity contribution in [1.29, 1.82) is 0 Å². The lowest BCUT2D eigenvalue weighted by Crippen LogP contribution is -2.39. The predicted octanol–water partition coefficient (Wildman–Crippen LogP) is 3.59. The van der Waals surface area contributed by atoms with Gasteiger partial charge < -0.3 is 10.0 Å². The number of aliphatic carboxylic acids is 1. The van der Waals surface area contributed by atoms with Crippen LogP contribution in [0.2, 0.25) is 0 Å². The lowest BCUT2D eigenvalue weighted by Gasteiger charge is -2.38. The van der Waals surface area contributed by atoms with Gasteiger partial charge in [-0.15, -0.1) is 11.8 Å². The minimum Gasteiger partial charge on any atom is -0.481 e. The number of carboxylic acids is 1. The van der Waals surface area contributed by atoms with Crippen LogP contribution in [0.1, 0.15) is 38.7 Å². The molecule has 1 heterocycles. The molecule has 1 unspecified atom stereocenters. The van der Waals surface area contributed by atoms with Crippen molar-refractivity contribution >= 4 is 23.4 Å². The molecule has 0 aliphatic carbocycles. The Morgan fingerprint density at radius 1 is 1.53 bits per heavy atom. The number of thioether (sulfide) groups is 1. The number of para-hydroxylation sites is 1. The van der Waals surface area contributed by atoms with Gasteiger partial charge in [0.1, 0.15) is 0 Å². The summed E-state index contributed by atoms with van der Waals surface area (Å²) in [6, 6.07) is 6.80. The molecule has 3 nitrogen and oxygen atoms in total. The van der Waals surface area contributed by atoms with E-state index in [2.05, 4.69) is 43.9 Å². The summed E-state index contributed by atoms with van der Waals surface area (Å²) in [5, 5.41) is 8.92. The van der Waals surface area contributed by atoms with Crippen molar-refractivity contribution in [1.82, 2.24) is 0 Å². The van der Waals surface area contributed by atoms with Gasteiger partial charge in [-0.25, -0.2) is 0 Å². The fraction of sp³-hybridized carbons (Fsp3) is 0.533. The molecule has 1 N–H and O–H groups in total. The van der Waals surface area contributed by atoms with Gasteiger partial charge in [0, 0.05) is 23.2 Å². The lowest BCUT2D eigenvalue weighted by atomic mass is 9.99. The Morgan fingerprint density at radius 2 is 2.26 bits per heavy atom. The minimum atomic E-state index is -0.728. The summed E-state index contributed by atoms with van der Waals surface area (Å²) in [4.78, 5) is 14.4. The molecule has 2 rings (SSSR count). The SMILES string of the molecule is CC(C)c1cccc2c1N(CCC(=O)O)C(C)CS2. The zero-order chi connectivity index (χ0) is 14.0. The zero-order valence-corrected chi connectivity index (χ0v) is 12.5. The Labute approximate surface area is 119 Å². The van der Waals surface area contributed by atoms with Gasteiger partial charge in [0.15, 0.2) is 0 Å². The molecule has 104 valence electrons. The van der Waals surface area contributed by atoms with E-state index >= 15 is 0 Å². The van der Waals surface area contributed by atoms with Gasteiger partial charge in [-0.3, -0.25) is 4.79 Å². The Bertz CT molecular complexity index is 473. The molecule has 0 amide bonds. The van der Waals surface area contributed by atoms with Gasteiger partial charge in [-0.05, 0) is 24.5 Å². The molecule has 1 aromatic rings. The van der Waals surface area contributed by atoms with Crippen molar-refractivity contribution in [2.24, 2.45) is 0 Å². The van der Waals surface area contributed by atoms with Crippen LogP contribution in [0.3, 0.4) is 0 Å². The molecule has 1 aliphatic heterocycles. The lowest BCUT2D eigenvalue weighted by molar-refractivity contribution is -0.136. The topological polar surface area (TPSA) is 40.5 Å². The predicted molar refractivity (Wildman–Crippen MR) is 80.3 cm³/mol. The number of carboxylic acid groups (broad SMARTS) is 1. The monoisotopic (exact) mass is 279 g/mol. The highest BCUT2D eigenvalue weighted by molar-refractivity contribution is 7.99. The van der Waals surface area contributed by atoms with Gasteiger partial charge in [0.2, 0.25) is 0 Å². The number of benzene rings is 1. The van der Waals surface area contributed by atoms with E-state index in [-0.39, 0.29) is 6.42 Å². The van der Waals surface area contributed by atoms with Crippen LogP contribution in [0.25, 0.3) is 0 Å². The molecule has 0 spiro atoms. The van der Waals surface area contributed by atoms with E-state index in [1.165, 1.54) is 16.1 Å². The van der Waals surface area contributed by atoms with Crippen LogP contribution in [-0.4, -0.2) is 29.4 Å². The van der Waals surface area contributed by atoms with Crippen molar-refractivity contribution < 1.29 is 9.90 Å². The number of hydrogen-bond acceptors (Lipinski definition) is 3. The third-order valence-corrected chi connectivity index (χ3v) is 4.81. The number of fused-ring (bicyclic) bond motifs is 1. The number of rotatable bonds is 4. The van der Waals surface area contributed by atoms with E-state index in [0.717, 1.165) is 5.75 Å². The van der Waals surface area contributed by atoms with Gasteiger partial charge in [0.25, 0.3) is 0 Å². The quantitative estimate of drug-likeness (QED) is 0.914. The van der Waals surface area contributed by atoms with Crippen LogP contribution in [0.5, 0.6) is 0 Å². The summed E-state index contributed by atoms with van der Waals surface area (Å²) < 4.78 is 0. The van der Waals surface area contributed by atoms with Crippen molar-refractivity contribution in [2.75, 3.05) is 17.2 Å². The van der Waals surface area contributed by atoms with Crippen LogP contribution in [0.4, 0.5) is 5.69 Å². The molecule has 1 aromatic carbocycles. The molecule has 0 saturated heterocycles. The standard InChI is InChI=1S/C15H21NO2S/c1-10(2)12-5-4-6-13-15(12)16(8-7-14(17)18)11(3)9-19-13/h4-6,10-11H,7-9H2,1-3H3,(H,17,18). The maximum Gasteiger partial charge on any atom is 0.305 e. The number of anilines is 1. The minimum absolute atomic E-state index is 0.195. The molecular formula is C15H21NO2S. The van der Waals surface area contributed by atoms with Crippen molar-refractivity contribution in [3.8, 4) is 0 Å². The molecule has 19 heavy (non-hydrogen) atoms. The molecule has 1 atom stereocenters. The van der Waals surface area contributed by atoms with E-state index < -0.39 is 5.97 Å². The Balaban J connectivity index is 2.38. The molecular weight excluding hydrogens is 258 g/mol. The van der Waals surface area contributed by atoms with Gasteiger partial charge in [0.05, 0.1) is 12.1 Å². The molecule has 0 fully saturated rings. The summed E-state index contributed by atoms with van der Waals surface area (Å²) in [6.07, 6.45) is 0.195. The van der Waals surface area contributed by atoms with Crippen LogP contribution in [0, 0.1) is 0 Å². The first-order chi connectivity index (χ1) is 9.00. The second-order valence-corrected chi connectivity index (χ2v) is 6.41. The van der Waals surface area contributed by atoms with E-state index in [1.54, 1.807) is 0 Å². The van der Waals surface area contributed by atoms with Crippen LogP contribution in [-0.2, 0) is 4.79 Å².